The van der Waals surface area contributed by atoms with E-state index in [0.29, 0.717) is 13.0 Å². The highest BCUT2D eigenvalue weighted by Gasteiger charge is 2.63. The third-order valence-corrected chi connectivity index (χ3v) is 7.64. The number of imide groups is 1. The Labute approximate surface area is 195 Å². The molecular formula is C28H31NO4. The number of benzene rings is 2. The molecule has 2 aromatic rings. The quantitative estimate of drug-likeness (QED) is 0.333. The predicted octanol–water partition coefficient (Wildman–Crippen LogP) is 4.78. The smallest absolute Gasteiger partial charge is 0.329 e. The summed E-state index contributed by atoms with van der Waals surface area (Å²) in [5.74, 6) is -2.09. The second-order valence-electron chi connectivity index (χ2n) is 9.49. The molecule has 0 spiro atoms. The van der Waals surface area contributed by atoms with Gasteiger partial charge in [0.1, 0.15) is 6.04 Å². The summed E-state index contributed by atoms with van der Waals surface area (Å²) in [5, 5.41) is 0. The monoisotopic (exact) mass is 445 g/mol. The fourth-order valence-electron chi connectivity index (χ4n) is 6.17. The van der Waals surface area contributed by atoms with Gasteiger partial charge in [-0.15, -0.1) is 0 Å². The molecule has 1 fully saturated rings. The molecule has 0 aromatic heterocycles. The lowest BCUT2D eigenvalue weighted by atomic mass is 9.55. The van der Waals surface area contributed by atoms with E-state index in [0.717, 1.165) is 47.9 Å². The van der Waals surface area contributed by atoms with Crippen LogP contribution in [0, 0.1) is 11.8 Å². The van der Waals surface area contributed by atoms with Gasteiger partial charge < -0.3 is 4.74 Å². The number of hydrogen-bond acceptors (Lipinski definition) is 4. The number of hydrogen-bond donors (Lipinski definition) is 0. The molecule has 5 nitrogen and oxygen atoms in total. The SMILES string of the molecule is CCCCOC(=O)C(CCCC)N1C(=O)C2C3c4ccccc4C(c4ccccc43)C2C1=O. The van der Waals surface area contributed by atoms with Crippen molar-refractivity contribution >= 4 is 17.8 Å². The zero-order chi connectivity index (χ0) is 23.1. The fraction of sp³-hybridized carbons (Fsp3) is 0.464. The third-order valence-electron chi connectivity index (χ3n) is 7.64. The van der Waals surface area contributed by atoms with Crippen molar-refractivity contribution in [1.82, 2.24) is 4.90 Å². The van der Waals surface area contributed by atoms with E-state index in [4.69, 9.17) is 4.74 Å². The number of ether oxygens (including phenoxy) is 1. The maximum atomic E-state index is 13.9. The number of nitrogens with zero attached hydrogens (tertiary/aromatic N) is 1. The summed E-state index contributed by atoms with van der Waals surface area (Å²) in [7, 11) is 0. The Morgan fingerprint density at radius 3 is 1.70 bits per heavy atom. The number of likely N-dealkylation sites (tertiary alicyclic amines) is 1. The molecular weight excluding hydrogens is 414 g/mol. The molecule has 3 atom stereocenters. The van der Waals surface area contributed by atoms with Crippen LogP contribution in [0.5, 0.6) is 0 Å². The van der Waals surface area contributed by atoms with Crippen LogP contribution >= 0.6 is 0 Å². The summed E-state index contributed by atoms with van der Waals surface area (Å²) in [6, 6.07) is 15.5. The number of esters is 1. The Kier molecular flexibility index (Phi) is 5.81. The van der Waals surface area contributed by atoms with Crippen LogP contribution in [0.2, 0.25) is 0 Å². The molecule has 6 rings (SSSR count). The minimum Gasteiger partial charge on any atom is -0.464 e. The number of carbonyl (C=O) groups is 3. The van der Waals surface area contributed by atoms with Crippen molar-refractivity contribution in [2.45, 2.75) is 63.8 Å². The molecule has 1 saturated heterocycles. The highest BCUT2D eigenvalue weighted by atomic mass is 16.5. The lowest BCUT2D eigenvalue weighted by Gasteiger charge is -2.45. The highest BCUT2D eigenvalue weighted by molar-refractivity contribution is 6.10. The molecule has 0 N–H and O–H groups in total. The summed E-state index contributed by atoms with van der Waals surface area (Å²) in [4.78, 5) is 42.1. The molecule has 2 aromatic carbocycles. The van der Waals surface area contributed by atoms with E-state index in [-0.39, 0.29) is 23.7 Å². The Balaban J connectivity index is 1.55. The molecule has 3 unspecified atom stereocenters. The predicted molar refractivity (Wildman–Crippen MR) is 125 cm³/mol. The van der Waals surface area contributed by atoms with Gasteiger partial charge >= 0.3 is 5.97 Å². The number of rotatable bonds is 8. The van der Waals surface area contributed by atoms with Crippen molar-refractivity contribution in [2.75, 3.05) is 6.61 Å². The standard InChI is InChI=1S/C28H31NO4/c1-3-5-15-21(28(32)33-16-6-4-2)29-26(30)24-22-17-11-7-8-12-18(17)23(25(24)27(29)31)20-14-10-9-13-19(20)22/h7-14,21-25H,3-6,15-16H2,1-2H3. The van der Waals surface area contributed by atoms with Crippen molar-refractivity contribution in [1.29, 1.82) is 0 Å². The van der Waals surface area contributed by atoms with Gasteiger partial charge in [0.05, 0.1) is 18.4 Å². The summed E-state index contributed by atoms with van der Waals surface area (Å²) in [6.45, 7) is 4.40. The van der Waals surface area contributed by atoms with Crippen molar-refractivity contribution in [3.05, 3.63) is 70.8 Å². The van der Waals surface area contributed by atoms with Crippen molar-refractivity contribution in [2.24, 2.45) is 11.8 Å². The number of amides is 2. The minimum absolute atomic E-state index is 0.156. The lowest BCUT2D eigenvalue weighted by molar-refractivity contribution is -0.159. The van der Waals surface area contributed by atoms with Gasteiger partial charge in [-0.2, -0.15) is 0 Å². The first-order valence-corrected chi connectivity index (χ1v) is 12.3. The summed E-state index contributed by atoms with van der Waals surface area (Å²) in [5.41, 5.74) is 4.56. The highest BCUT2D eigenvalue weighted by Crippen LogP contribution is 2.61. The molecule has 5 heteroatoms. The maximum Gasteiger partial charge on any atom is 0.329 e. The molecule has 33 heavy (non-hydrogen) atoms. The first kappa shape index (κ1) is 21.9. The first-order chi connectivity index (χ1) is 16.1. The van der Waals surface area contributed by atoms with Crippen molar-refractivity contribution in [3.8, 4) is 0 Å². The van der Waals surface area contributed by atoms with Crippen LogP contribution in [0.4, 0.5) is 0 Å². The Morgan fingerprint density at radius 1 is 0.818 bits per heavy atom. The van der Waals surface area contributed by atoms with Crippen molar-refractivity contribution < 1.29 is 19.1 Å². The first-order valence-electron chi connectivity index (χ1n) is 12.3. The Morgan fingerprint density at radius 2 is 1.27 bits per heavy atom. The van der Waals surface area contributed by atoms with Crippen LogP contribution in [0.3, 0.4) is 0 Å². The van der Waals surface area contributed by atoms with Gasteiger partial charge in [0.25, 0.3) is 0 Å². The largest absolute Gasteiger partial charge is 0.464 e. The average molecular weight is 446 g/mol. The number of carbonyl (C=O) groups excluding carboxylic acids is 3. The van der Waals surface area contributed by atoms with Gasteiger partial charge in [-0.05, 0) is 35.1 Å². The molecule has 1 heterocycles. The zero-order valence-corrected chi connectivity index (χ0v) is 19.3. The van der Waals surface area contributed by atoms with Gasteiger partial charge in [0.2, 0.25) is 11.8 Å². The maximum absolute atomic E-state index is 13.9. The zero-order valence-electron chi connectivity index (χ0n) is 19.3. The van der Waals surface area contributed by atoms with Crippen LogP contribution < -0.4 is 0 Å². The third kappa shape index (κ3) is 3.32. The summed E-state index contributed by atoms with van der Waals surface area (Å²) >= 11 is 0. The van der Waals surface area contributed by atoms with Gasteiger partial charge in [0, 0.05) is 11.8 Å². The van der Waals surface area contributed by atoms with Gasteiger partial charge in [-0.3, -0.25) is 14.5 Å². The van der Waals surface area contributed by atoms with E-state index in [9.17, 15) is 14.4 Å². The molecule has 0 saturated carbocycles. The molecule has 2 bridgehead atoms. The van der Waals surface area contributed by atoms with E-state index >= 15 is 0 Å². The van der Waals surface area contributed by atoms with E-state index in [2.05, 4.69) is 24.3 Å². The minimum atomic E-state index is -0.835. The molecule has 3 aliphatic carbocycles. The molecule has 1 aliphatic heterocycles. The summed E-state index contributed by atoms with van der Waals surface area (Å²) < 4.78 is 5.51. The van der Waals surface area contributed by atoms with E-state index in [1.807, 2.05) is 38.1 Å². The van der Waals surface area contributed by atoms with Crippen LogP contribution in [0.25, 0.3) is 0 Å². The van der Waals surface area contributed by atoms with E-state index in [1.54, 1.807) is 0 Å². The van der Waals surface area contributed by atoms with Crippen LogP contribution in [0.1, 0.15) is 80.0 Å². The fourth-order valence-corrected chi connectivity index (χ4v) is 6.17. The second-order valence-corrected chi connectivity index (χ2v) is 9.49. The number of unbranched alkanes of at least 4 members (excludes halogenated alkanes) is 2. The summed E-state index contributed by atoms with van der Waals surface area (Å²) in [6.07, 6.45) is 3.78. The lowest BCUT2D eigenvalue weighted by Crippen LogP contribution is -2.46. The molecule has 172 valence electrons. The van der Waals surface area contributed by atoms with Gasteiger partial charge in [0.15, 0.2) is 0 Å². The molecule has 2 amide bonds. The Hall–Kier alpha value is -2.95. The normalized spacial score (nSPS) is 25.5. The van der Waals surface area contributed by atoms with Crippen LogP contribution in [0.15, 0.2) is 48.5 Å². The second kappa shape index (κ2) is 8.77. The average Bonchev–Trinajstić information content (AvgIpc) is 3.10. The van der Waals surface area contributed by atoms with Crippen LogP contribution in [-0.4, -0.2) is 35.3 Å². The van der Waals surface area contributed by atoms with Crippen molar-refractivity contribution in [3.63, 3.8) is 0 Å². The van der Waals surface area contributed by atoms with E-state index in [1.165, 1.54) is 4.90 Å². The van der Waals surface area contributed by atoms with Gasteiger partial charge in [-0.25, -0.2) is 4.79 Å². The molecule has 0 radical (unpaired) electrons. The van der Waals surface area contributed by atoms with Gasteiger partial charge in [-0.1, -0.05) is 81.6 Å². The topological polar surface area (TPSA) is 63.7 Å². The Bertz CT molecular complexity index is 977. The molecule has 4 aliphatic rings. The van der Waals surface area contributed by atoms with Crippen LogP contribution in [-0.2, 0) is 19.1 Å². The van der Waals surface area contributed by atoms with E-state index < -0.39 is 23.8 Å².